The zero-order valence-corrected chi connectivity index (χ0v) is 20.9. The first kappa shape index (κ1) is 28.3. The minimum absolute atomic E-state index is 0.0135. The van der Waals surface area contributed by atoms with Crippen LogP contribution in [0, 0.1) is 0 Å². The maximum absolute atomic E-state index is 13.4. The molecule has 0 radical (unpaired) electrons. The highest BCUT2D eigenvalue weighted by Gasteiger charge is 2.47. The molecule has 2 aromatic carbocycles. The summed E-state index contributed by atoms with van der Waals surface area (Å²) in [6, 6.07) is 5.00. The van der Waals surface area contributed by atoms with E-state index in [1.807, 2.05) is 0 Å². The first-order chi connectivity index (χ1) is 19.0. The third kappa shape index (κ3) is 4.91. The summed E-state index contributed by atoms with van der Waals surface area (Å²) in [6.45, 7) is -0.886. The maximum Gasteiger partial charge on any atom is 0.229 e. The topological polar surface area (TPSA) is 238 Å². The largest absolute Gasteiger partial charge is 0.507 e. The number of aromatic hydroxyl groups is 2. The predicted molar refractivity (Wildman–Crippen MR) is 131 cm³/mol. The smallest absolute Gasteiger partial charge is 0.229 e. The van der Waals surface area contributed by atoms with Crippen molar-refractivity contribution in [1.29, 1.82) is 0 Å². The molecule has 5 rings (SSSR count). The molecule has 2 fully saturated rings. The number of methoxy groups -OCH3 is 1. The number of ether oxygens (including phenoxy) is 5. The number of hydrogen-bond acceptors (Lipinski definition) is 15. The Bertz CT molecular complexity index is 1440. The van der Waals surface area contributed by atoms with Crippen LogP contribution >= 0.6 is 0 Å². The maximum atomic E-state index is 13.4. The van der Waals surface area contributed by atoms with Crippen LogP contribution in [0.25, 0.3) is 21.9 Å². The third-order valence-electron chi connectivity index (χ3n) is 6.84. The lowest BCUT2D eigenvalue weighted by atomic mass is 9.99. The second-order valence-electron chi connectivity index (χ2n) is 9.45. The number of aliphatic hydroxyl groups is 6. The fourth-order valence-corrected chi connectivity index (χ4v) is 4.60. The van der Waals surface area contributed by atoms with E-state index >= 15 is 0 Å². The minimum Gasteiger partial charge on any atom is -0.507 e. The molecule has 40 heavy (non-hydrogen) atoms. The highest BCUT2D eigenvalue weighted by atomic mass is 16.7. The van der Waals surface area contributed by atoms with E-state index in [1.54, 1.807) is 0 Å². The van der Waals surface area contributed by atoms with Gasteiger partial charge in [0.05, 0.1) is 20.3 Å². The standard InChI is InChI=1S/C25H28O15/c1-35-8-4-10(27)15-13(5-8)38-12-3-2-9(26)23(16(12)19(15)31)40-25-22(34)20(32)18(30)14(39-25)7-37-24-21(33)17(29)11(28)6-36-24/h2-5,11,14,17-18,20-22,24-30,32-34H,6-7H2,1H3/t11-,14-,17-,18-,20-,21+,22-,24-,25+/m0/s1. The van der Waals surface area contributed by atoms with Crippen molar-refractivity contribution in [1.82, 2.24) is 0 Å². The molecule has 0 amide bonds. The Morgan fingerprint density at radius 3 is 2.30 bits per heavy atom. The number of phenols is 2. The second kappa shape index (κ2) is 11.0. The van der Waals surface area contributed by atoms with E-state index in [4.69, 9.17) is 28.1 Å². The van der Waals surface area contributed by atoms with Crippen molar-refractivity contribution in [2.45, 2.75) is 55.3 Å². The van der Waals surface area contributed by atoms with E-state index in [2.05, 4.69) is 0 Å². The van der Waals surface area contributed by atoms with Gasteiger partial charge in [0, 0.05) is 12.1 Å². The lowest BCUT2D eigenvalue weighted by molar-refractivity contribution is -0.307. The quantitative estimate of drug-likeness (QED) is 0.150. The molecule has 15 heteroatoms. The van der Waals surface area contributed by atoms with E-state index < -0.39 is 84.6 Å². The summed E-state index contributed by atoms with van der Waals surface area (Å²) >= 11 is 0. The van der Waals surface area contributed by atoms with Crippen LogP contribution < -0.4 is 14.9 Å². The lowest BCUT2D eigenvalue weighted by Gasteiger charge is -2.41. The van der Waals surface area contributed by atoms with Gasteiger partial charge < -0.3 is 69.0 Å². The molecule has 2 saturated heterocycles. The van der Waals surface area contributed by atoms with E-state index in [0.717, 1.165) is 6.07 Å². The van der Waals surface area contributed by atoms with Crippen LogP contribution in [0.15, 0.2) is 33.5 Å². The average molecular weight is 568 g/mol. The van der Waals surface area contributed by atoms with Crippen molar-refractivity contribution in [3.8, 4) is 23.0 Å². The molecule has 0 saturated carbocycles. The molecule has 218 valence electrons. The summed E-state index contributed by atoms with van der Waals surface area (Å²) in [5.41, 5.74) is -0.870. The number of rotatable bonds is 6. The fourth-order valence-electron chi connectivity index (χ4n) is 4.60. The Morgan fingerprint density at radius 2 is 1.57 bits per heavy atom. The van der Waals surface area contributed by atoms with Gasteiger partial charge in [0.15, 0.2) is 17.8 Å². The summed E-state index contributed by atoms with van der Waals surface area (Å²) in [7, 11) is 1.36. The highest BCUT2D eigenvalue weighted by Crippen LogP contribution is 2.39. The normalized spacial score (nSPS) is 32.8. The van der Waals surface area contributed by atoms with Gasteiger partial charge in [-0.25, -0.2) is 0 Å². The van der Waals surface area contributed by atoms with E-state index in [0.29, 0.717) is 0 Å². The highest BCUT2D eigenvalue weighted by molar-refractivity contribution is 5.97. The van der Waals surface area contributed by atoms with E-state index in [1.165, 1.54) is 25.3 Å². The molecule has 0 spiro atoms. The van der Waals surface area contributed by atoms with E-state index in [-0.39, 0.29) is 34.3 Å². The van der Waals surface area contributed by atoms with Crippen LogP contribution in [-0.4, -0.2) is 116 Å². The predicted octanol–water partition coefficient (Wildman–Crippen LogP) is -1.99. The average Bonchev–Trinajstić information content (AvgIpc) is 2.93. The van der Waals surface area contributed by atoms with Crippen LogP contribution in [0.5, 0.6) is 23.0 Å². The van der Waals surface area contributed by atoms with Gasteiger partial charge in [-0.15, -0.1) is 0 Å². The number of fused-ring (bicyclic) bond motifs is 2. The summed E-state index contributed by atoms with van der Waals surface area (Å²) in [6.07, 6.45) is -14.5. The van der Waals surface area contributed by atoms with Gasteiger partial charge in [-0.2, -0.15) is 0 Å². The molecular weight excluding hydrogens is 540 g/mol. The Morgan fingerprint density at radius 1 is 0.850 bits per heavy atom. The van der Waals surface area contributed by atoms with Gasteiger partial charge in [-0.1, -0.05) is 0 Å². The Kier molecular flexibility index (Phi) is 7.75. The molecule has 0 aliphatic carbocycles. The van der Waals surface area contributed by atoms with Crippen molar-refractivity contribution >= 4 is 21.9 Å². The fraction of sp³-hybridized carbons (Fsp3) is 0.480. The Hall–Kier alpha value is -3.25. The van der Waals surface area contributed by atoms with Gasteiger partial charge in [0.2, 0.25) is 11.7 Å². The van der Waals surface area contributed by atoms with Gasteiger partial charge in [-0.3, -0.25) is 4.79 Å². The third-order valence-corrected chi connectivity index (χ3v) is 6.84. The first-order valence-electron chi connectivity index (χ1n) is 12.1. The minimum atomic E-state index is -1.88. The van der Waals surface area contributed by atoms with Crippen molar-refractivity contribution in [2.75, 3.05) is 20.3 Å². The van der Waals surface area contributed by atoms with Gasteiger partial charge in [-0.05, 0) is 12.1 Å². The van der Waals surface area contributed by atoms with Crippen molar-refractivity contribution < 1.29 is 69.0 Å². The van der Waals surface area contributed by atoms with E-state index in [9.17, 15) is 45.6 Å². The SMILES string of the molecule is COc1cc(O)c2c(=O)c3c(O[C@H]4O[C@@H](CO[C@@H]5OC[C@H](O)[C@H](O)[C@H]5O)[C@H](O)[C@H](O)[C@@H]4O)c(O)ccc3oc2c1. The Labute approximate surface area is 224 Å². The van der Waals surface area contributed by atoms with Crippen molar-refractivity contribution in [2.24, 2.45) is 0 Å². The van der Waals surface area contributed by atoms with Crippen LogP contribution in [0.1, 0.15) is 0 Å². The molecule has 9 atom stereocenters. The second-order valence-corrected chi connectivity index (χ2v) is 9.45. The van der Waals surface area contributed by atoms with Crippen LogP contribution in [0.4, 0.5) is 0 Å². The summed E-state index contributed by atoms with van der Waals surface area (Å²) in [4.78, 5) is 13.4. The summed E-state index contributed by atoms with van der Waals surface area (Å²) in [5.74, 6) is -1.31. The number of hydrogen-bond donors (Lipinski definition) is 8. The lowest BCUT2D eigenvalue weighted by Crippen LogP contribution is -2.61. The first-order valence-corrected chi connectivity index (χ1v) is 12.1. The van der Waals surface area contributed by atoms with Gasteiger partial charge >= 0.3 is 0 Å². The molecule has 1 aromatic heterocycles. The summed E-state index contributed by atoms with van der Waals surface area (Å²) < 4.78 is 32.6. The Balaban J connectivity index is 1.44. The van der Waals surface area contributed by atoms with Crippen LogP contribution in [0.2, 0.25) is 0 Å². The summed E-state index contributed by atoms with van der Waals surface area (Å²) in [5, 5.41) is 81.3. The molecule has 2 aliphatic heterocycles. The number of benzene rings is 2. The molecule has 3 aromatic rings. The zero-order valence-electron chi connectivity index (χ0n) is 20.9. The van der Waals surface area contributed by atoms with Crippen molar-refractivity contribution in [3.63, 3.8) is 0 Å². The molecule has 0 bridgehead atoms. The van der Waals surface area contributed by atoms with Crippen LogP contribution in [0.3, 0.4) is 0 Å². The molecule has 0 unspecified atom stereocenters. The monoisotopic (exact) mass is 568 g/mol. The van der Waals surface area contributed by atoms with Crippen molar-refractivity contribution in [3.05, 3.63) is 34.5 Å². The zero-order chi connectivity index (χ0) is 28.9. The molecule has 15 nitrogen and oxygen atoms in total. The number of aliphatic hydroxyl groups excluding tert-OH is 6. The molecule has 8 N–H and O–H groups in total. The molecule has 3 heterocycles. The molecular formula is C25H28O15. The van der Waals surface area contributed by atoms with Gasteiger partial charge in [0.25, 0.3) is 0 Å². The number of phenolic OH excluding ortho intramolecular Hbond substituents is 2. The molecule has 2 aliphatic rings. The van der Waals surface area contributed by atoms with Gasteiger partial charge in [0.1, 0.15) is 76.2 Å². The van der Waals surface area contributed by atoms with Crippen LogP contribution in [-0.2, 0) is 14.2 Å².